The van der Waals surface area contributed by atoms with Crippen molar-refractivity contribution in [2.45, 2.75) is 25.4 Å². The number of fused-ring (bicyclic) bond motifs is 1. The van der Waals surface area contributed by atoms with Gasteiger partial charge in [0.05, 0.1) is 0 Å². The molecule has 3 aromatic carbocycles. The highest BCUT2D eigenvalue weighted by Gasteiger charge is 2.23. The quantitative estimate of drug-likeness (QED) is 0.572. The molecule has 3 aromatic rings. The fraction of sp³-hybridized carbons (Fsp3) is 0.208. The largest absolute Gasteiger partial charge is 0.359 e. The van der Waals surface area contributed by atoms with Crippen molar-refractivity contribution in [2.24, 2.45) is 4.99 Å². The van der Waals surface area contributed by atoms with Crippen molar-refractivity contribution < 1.29 is 0 Å². The van der Waals surface area contributed by atoms with Gasteiger partial charge in [-0.05, 0) is 28.7 Å². The highest BCUT2D eigenvalue weighted by Crippen LogP contribution is 2.32. The number of halogens is 1. The Balaban J connectivity index is 0.00000210. The first-order chi connectivity index (χ1) is 12.8. The summed E-state index contributed by atoms with van der Waals surface area (Å²) in [4.78, 5) is 7.54. The molecular formula is C24H25ClN2. The van der Waals surface area contributed by atoms with E-state index in [0.29, 0.717) is 0 Å². The van der Waals surface area contributed by atoms with Crippen LogP contribution in [0.5, 0.6) is 0 Å². The molecule has 1 heterocycles. The third kappa shape index (κ3) is 4.40. The van der Waals surface area contributed by atoms with Gasteiger partial charge in [-0.25, -0.2) is 0 Å². The maximum absolute atomic E-state index is 5.23. The maximum Gasteiger partial charge on any atom is 0.102 e. The smallest absolute Gasteiger partial charge is 0.102 e. The van der Waals surface area contributed by atoms with Gasteiger partial charge in [-0.15, -0.1) is 12.4 Å². The molecule has 0 saturated carbocycles. The minimum absolute atomic E-state index is 0. The summed E-state index contributed by atoms with van der Waals surface area (Å²) >= 11 is 0. The summed E-state index contributed by atoms with van der Waals surface area (Å²) in [6.45, 7) is 0.910. The molecule has 138 valence electrons. The number of hydrogen-bond acceptors (Lipinski definition) is 2. The fourth-order valence-corrected chi connectivity index (χ4v) is 3.65. The van der Waals surface area contributed by atoms with Gasteiger partial charge in [0.2, 0.25) is 0 Å². The molecule has 0 aromatic heterocycles. The second kappa shape index (κ2) is 8.88. The van der Waals surface area contributed by atoms with Gasteiger partial charge in [-0.3, -0.25) is 4.99 Å². The van der Waals surface area contributed by atoms with Crippen molar-refractivity contribution in [1.29, 1.82) is 0 Å². The van der Waals surface area contributed by atoms with Crippen LogP contribution in [-0.4, -0.2) is 17.8 Å². The molecule has 1 aliphatic heterocycles. The maximum atomic E-state index is 5.23. The van der Waals surface area contributed by atoms with Crippen molar-refractivity contribution >= 4 is 18.2 Å². The summed E-state index contributed by atoms with van der Waals surface area (Å²) in [5.41, 5.74) is 5.30. The second-order valence-corrected chi connectivity index (χ2v) is 6.90. The van der Waals surface area contributed by atoms with E-state index in [1.54, 1.807) is 0 Å². The molecule has 0 N–H and O–H groups in total. The average Bonchev–Trinajstić information content (AvgIpc) is 2.84. The summed E-state index contributed by atoms with van der Waals surface area (Å²) in [5, 5.41) is 0. The zero-order valence-electron chi connectivity index (χ0n) is 15.6. The van der Waals surface area contributed by atoms with Gasteiger partial charge in [-0.2, -0.15) is 0 Å². The Morgan fingerprint density at radius 1 is 0.815 bits per heavy atom. The third-order valence-electron chi connectivity index (χ3n) is 5.07. The van der Waals surface area contributed by atoms with E-state index in [-0.39, 0.29) is 18.4 Å². The van der Waals surface area contributed by atoms with Crippen LogP contribution >= 0.6 is 12.4 Å². The highest BCUT2D eigenvalue weighted by molar-refractivity contribution is 5.85. The number of benzene rings is 3. The van der Waals surface area contributed by atoms with Gasteiger partial charge in [0.15, 0.2) is 0 Å². The number of aliphatic imine (C=N–C) groups is 1. The van der Waals surface area contributed by atoms with Gasteiger partial charge in [0.1, 0.15) is 11.9 Å². The second-order valence-electron chi connectivity index (χ2n) is 6.90. The molecule has 0 radical (unpaired) electrons. The van der Waals surface area contributed by atoms with Gasteiger partial charge in [0.25, 0.3) is 0 Å². The Bertz CT molecular complexity index is 891. The molecule has 0 amide bonds. The monoisotopic (exact) mass is 376 g/mol. The number of amidine groups is 1. The highest BCUT2D eigenvalue weighted by atomic mass is 35.5. The van der Waals surface area contributed by atoms with Gasteiger partial charge in [-0.1, -0.05) is 84.9 Å². The molecule has 0 bridgehead atoms. The van der Waals surface area contributed by atoms with Crippen LogP contribution in [0.15, 0.2) is 89.9 Å². The van der Waals surface area contributed by atoms with Crippen molar-refractivity contribution in [3.05, 3.63) is 107 Å². The molecule has 0 spiro atoms. The van der Waals surface area contributed by atoms with E-state index in [1.165, 1.54) is 28.1 Å². The number of hydrogen-bond donors (Lipinski definition) is 0. The van der Waals surface area contributed by atoms with Crippen LogP contribution in [0, 0.1) is 0 Å². The van der Waals surface area contributed by atoms with Crippen LogP contribution in [0.2, 0.25) is 0 Å². The van der Waals surface area contributed by atoms with E-state index in [4.69, 9.17) is 4.99 Å². The fourth-order valence-electron chi connectivity index (χ4n) is 3.65. The molecule has 0 saturated heterocycles. The van der Waals surface area contributed by atoms with Crippen molar-refractivity contribution in [3.8, 4) is 0 Å². The molecule has 27 heavy (non-hydrogen) atoms. The van der Waals surface area contributed by atoms with E-state index < -0.39 is 0 Å². The molecule has 1 atom stereocenters. The Kier molecular flexibility index (Phi) is 6.31. The van der Waals surface area contributed by atoms with Gasteiger partial charge >= 0.3 is 0 Å². The molecule has 2 nitrogen and oxygen atoms in total. The molecule has 4 rings (SSSR count). The zero-order chi connectivity index (χ0) is 17.8. The average molecular weight is 377 g/mol. The lowest BCUT2D eigenvalue weighted by molar-refractivity contribution is 0.490. The Morgan fingerprint density at radius 3 is 2.19 bits per heavy atom. The SMILES string of the molecule is CN1Cc2ccccc2[C@H](c2ccccc2)N=C1CCc1ccccc1.Cl. The zero-order valence-corrected chi connectivity index (χ0v) is 16.4. The van der Waals surface area contributed by atoms with Crippen LogP contribution in [0.3, 0.4) is 0 Å². The predicted octanol–water partition coefficient (Wildman–Crippen LogP) is 5.67. The lowest BCUT2D eigenvalue weighted by Gasteiger charge is -2.20. The summed E-state index contributed by atoms with van der Waals surface area (Å²) in [6, 6.07) is 30.1. The summed E-state index contributed by atoms with van der Waals surface area (Å²) in [7, 11) is 2.16. The molecular weight excluding hydrogens is 352 g/mol. The van der Waals surface area contributed by atoms with Crippen LogP contribution in [0.4, 0.5) is 0 Å². The van der Waals surface area contributed by atoms with Crippen LogP contribution in [0.25, 0.3) is 0 Å². The minimum atomic E-state index is 0. The number of nitrogens with zero attached hydrogens (tertiary/aromatic N) is 2. The number of aryl methyl sites for hydroxylation is 1. The first kappa shape index (κ1) is 19.2. The number of rotatable bonds is 4. The Morgan fingerprint density at radius 2 is 1.44 bits per heavy atom. The van der Waals surface area contributed by atoms with Crippen molar-refractivity contribution in [2.75, 3.05) is 7.05 Å². The van der Waals surface area contributed by atoms with E-state index in [2.05, 4.69) is 96.9 Å². The third-order valence-corrected chi connectivity index (χ3v) is 5.07. The predicted molar refractivity (Wildman–Crippen MR) is 116 cm³/mol. The van der Waals surface area contributed by atoms with Crippen molar-refractivity contribution in [1.82, 2.24) is 4.90 Å². The van der Waals surface area contributed by atoms with E-state index in [9.17, 15) is 0 Å². The molecule has 0 unspecified atom stereocenters. The minimum Gasteiger partial charge on any atom is -0.359 e. The first-order valence-corrected chi connectivity index (χ1v) is 9.26. The lowest BCUT2D eigenvalue weighted by Crippen LogP contribution is -2.26. The topological polar surface area (TPSA) is 15.6 Å². The summed E-state index contributed by atoms with van der Waals surface area (Å²) in [5.74, 6) is 1.18. The molecule has 0 fully saturated rings. The van der Waals surface area contributed by atoms with Crippen LogP contribution < -0.4 is 0 Å². The molecule has 0 aliphatic carbocycles. The standard InChI is InChI=1S/C24H24N2.ClH/c1-26-18-21-14-8-9-15-22(21)24(20-12-6-3-7-13-20)25-23(26)17-16-19-10-4-2-5-11-19;/h2-15,24H,16-18H2,1H3;1H/t24-;/m0./s1. The normalized spacial score (nSPS) is 16.0. The first-order valence-electron chi connectivity index (χ1n) is 9.26. The molecule has 3 heteroatoms. The summed E-state index contributed by atoms with van der Waals surface area (Å²) in [6.07, 6.45) is 1.97. The Hall–Kier alpha value is -2.58. The van der Waals surface area contributed by atoms with Gasteiger partial charge in [0, 0.05) is 20.0 Å². The van der Waals surface area contributed by atoms with E-state index >= 15 is 0 Å². The van der Waals surface area contributed by atoms with E-state index in [1.807, 2.05) is 0 Å². The van der Waals surface area contributed by atoms with Gasteiger partial charge < -0.3 is 4.90 Å². The van der Waals surface area contributed by atoms with E-state index in [0.717, 1.165) is 19.4 Å². The van der Waals surface area contributed by atoms with Crippen molar-refractivity contribution in [3.63, 3.8) is 0 Å². The lowest BCUT2D eigenvalue weighted by atomic mass is 9.95. The molecule has 1 aliphatic rings. The summed E-state index contributed by atoms with van der Waals surface area (Å²) < 4.78 is 0. The van der Waals surface area contributed by atoms with Crippen LogP contribution in [-0.2, 0) is 13.0 Å². The Labute approximate surface area is 168 Å². The van der Waals surface area contributed by atoms with Crippen LogP contribution in [0.1, 0.15) is 34.7 Å².